The van der Waals surface area contributed by atoms with Crippen LogP contribution in [0.2, 0.25) is 0 Å². The third-order valence-corrected chi connectivity index (χ3v) is 6.56. The van der Waals surface area contributed by atoms with E-state index in [0.29, 0.717) is 6.10 Å². The molecule has 2 heteroatoms. The van der Waals surface area contributed by atoms with E-state index in [1.54, 1.807) is 0 Å². The molecule has 0 aromatic heterocycles. The fraction of sp³-hybridized carbons (Fsp3) is 0.333. The second-order valence-corrected chi connectivity index (χ2v) is 7.36. The van der Waals surface area contributed by atoms with Gasteiger partial charge in [0.25, 0.3) is 0 Å². The molecule has 0 atom stereocenters. The molecule has 2 aromatic carbocycles. The van der Waals surface area contributed by atoms with Crippen LogP contribution in [0.5, 0.6) is 0 Å². The number of rotatable bonds is 6. The highest BCUT2D eigenvalue weighted by molar-refractivity contribution is 6.34. The van der Waals surface area contributed by atoms with Crippen molar-refractivity contribution in [2.45, 2.75) is 38.3 Å². The normalized spacial score (nSPS) is 12.4. The van der Waals surface area contributed by atoms with Crippen molar-refractivity contribution in [2.75, 3.05) is 0 Å². The zero-order chi connectivity index (χ0) is 14.4. The lowest BCUT2D eigenvalue weighted by Crippen LogP contribution is -2.37. The maximum Gasteiger partial charge on any atom is 0.176 e. The second-order valence-electron chi connectivity index (χ2n) is 5.53. The van der Waals surface area contributed by atoms with E-state index in [4.69, 9.17) is 4.43 Å². The van der Waals surface area contributed by atoms with Crippen LogP contribution in [-0.2, 0) is 9.46 Å². The second kappa shape index (κ2) is 6.87. The Morgan fingerprint density at radius 3 is 1.70 bits per heavy atom. The topological polar surface area (TPSA) is 9.23 Å². The van der Waals surface area contributed by atoms with Gasteiger partial charge in [0.1, 0.15) is 0 Å². The molecule has 0 heterocycles. The first-order valence-corrected chi connectivity index (χ1v) is 8.70. The Morgan fingerprint density at radius 1 is 0.900 bits per heavy atom. The Bertz CT molecular complexity index is 468. The van der Waals surface area contributed by atoms with Gasteiger partial charge in [0, 0.05) is 11.1 Å². The smallest absolute Gasteiger partial charge is 0.176 e. The van der Waals surface area contributed by atoms with Gasteiger partial charge in [0.05, 0.1) is 0 Å². The van der Waals surface area contributed by atoms with Crippen LogP contribution in [0.15, 0.2) is 60.7 Å². The summed E-state index contributed by atoms with van der Waals surface area (Å²) in [6, 6.07) is 21.7. The molecule has 0 aliphatic rings. The maximum atomic E-state index is 6.15. The van der Waals surface area contributed by atoms with Crippen molar-refractivity contribution in [1.29, 1.82) is 0 Å². The Labute approximate surface area is 124 Å². The van der Waals surface area contributed by atoms with Crippen LogP contribution >= 0.6 is 0 Å². The van der Waals surface area contributed by atoms with Crippen LogP contribution in [0, 0.1) is 0 Å². The summed E-state index contributed by atoms with van der Waals surface area (Å²) in [4.78, 5) is 0. The predicted molar refractivity (Wildman–Crippen MR) is 88.7 cm³/mol. The average Bonchev–Trinajstić information content (AvgIpc) is 2.50. The standard InChI is InChI=1S/C18H24OSi/c1-4-18(20-19-15(2)3,16-11-7-5-8-12-16)17-13-9-6-10-14-17/h5-15H,4,20H2,1-3H3. The van der Waals surface area contributed by atoms with E-state index in [9.17, 15) is 0 Å². The molecule has 0 aliphatic carbocycles. The molecule has 0 amide bonds. The van der Waals surface area contributed by atoms with Gasteiger partial charge in [0.15, 0.2) is 9.76 Å². The van der Waals surface area contributed by atoms with E-state index >= 15 is 0 Å². The summed E-state index contributed by atoms with van der Waals surface area (Å²) < 4.78 is 6.15. The molecular weight excluding hydrogens is 260 g/mol. The lowest BCUT2D eigenvalue weighted by atomic mass is 9.88. The molecule has 2 rings (SSSR count). The predicted octanol–water partition coefficient (Wildman–Crippen LogP) is 3.85. The molecule has 106 valence electrons. The zero-order valence-corrected chi connectivity index (χ0v) is 14.1. The lowest BCUT2D eigenvalue weighted by Gasteiger charge is -2.34. The van der Waals surface area contributed by atoms with Crippen molar-refractivity contribution in [3.05, 3.63) is 71.8 Å². The van der Waals surface area contributed by atoms with Crippen LogP contribution in [0.1, 0.15) is 38.3 Å². The Balaban J connectivity index is 2.46. The van der Waals surface area contributed by atoms with Gasteiger partial charge in [-0.05, 0) is 31.4 Å². The SMILES string of the molecule is CCC([SiH2]OC(C)C)(c1ccccc1)c1ccccc1. The molecule has 20 heavy (non-hydrogen) atoms. The van der Waals surface area contributed by atoms with Gasteiger partial charge < -0.3 is 4.43 Å². The first-order chi connectivity index (χ1) is 9.69. The fourth-order valence-corrected chi connectivity index (χ4v) is 4.29. The maximum absolute atomic E-state index is 6.15. The summed E-state index contributed by atoms with van der Waals surface area (Å²) in [5.41, 5.74) is 2.78. The molecule has 0 saturated heterocycles. The largest absolute Gasteiger partial charge is 0.420 e. The Hall–Kier alpha value is -1.38. The van der Waals surface area contributed by atoms with Crippen LogP contribution in [0.4, 0.5) is 0 Å². The van der Waals surface area contributed by atoms with Gasteiger partial charge in [-0.25, -0.2) is 0 Å². The molecule has 1 nitrogen and oxygen atoms in total. The third kappa shape index (κ3) is 3.19. The highest BCUT2D eigenvalue weighted by atomic mass is 28.2. The Kier molecular flexibility index (Phi) is 5.15. The summed E-state index contributed by atoms with van der Waals surface area (Å²) >= 11 is 0. The molecule has 0 bridgehead atoms. The highest BCUT2D eigenvalue weighted by Gasteiger charge is 2.33. The van der Waals surface area contributed by atoms with E-state index in [2.05, 4.69) is 81.4 Å². The summed E-state index contributed by atoms with van der Waals surface area (Å²) in [6.07, 6.45) is 1.39. The van der Waals surface area contributed by atoms with Crippen molar-refractivity contribution in [1.82, 2.24) is 0 Å². The first-order valence-electron chi connectivity index (χ1n) is 7.41. The molecule has 0 spiro atoms. The monoisotopic (exact) mass is 284 g/mol. The summed E-state index contributed by atoms with van der Waals surface area (Å²) in [7, 11) is -0.726. The minimum atomic E-state index is -0.726. The van der Waals surface area contributed by atoms with Gasteiger partial charge in [-0.15, -0.1) is 0 Å². The molecule has 0 aliphatic heterocycles. The van der Waals surface area contributed by atoms with E-state index in [0.717, 1.165) is 6.42 Å². The molecule has 0 radical (unpaired) electrons. The van der Waals surface area contributed by atoms with E-state index in [1.807, 2.05) is 0 Å². The summed E-state index contributed by atoms with van der Waals surface area (Å²) in [5, 5.41) is 0.0762. The third-order valence-electron chi connectivity index (χ3n) is 3.92. The van der Waals surface area contributed by atoms with E-state index in [-0.39, 0.29) is 5.04 Å². The minimum Gasteiger partial charge on any atom is -0.420 e. The van der Waals surface area contributed by atoms with E-state index < -0.39 is 9.76 Å². The zero-order valence-electron chi connectivity index (χ0n) is 12.7. The van der Waals surface area contributed by atoms with Crippen LogP contribution < -0.4 is 0 Å². The minimum absolute atomic E-state index is 0.0762. The Morgan fingerprint density at radius 2 is 1.35 bits per heavy atom. The van der Waals surface area contributed by atoms with Gasteiger partial charge in [0.2, 0.25) is 0 Å². The van der Waals surface area contributed by atoms with Crippen molar-refractivity contribution in [2.24, 2.45) is 0 Å². The molecule has 2 aromatic rings. The quantitative estimate of drug-likeness (QED) is 0.732. The van der Waals surface area contributed by atoms with E-state index in [1.165, 1.54) is 11.1 Å². The molecule has 0 fully saturated rings. The number of hydrogen-bond acceptors (Lipinski definition) is 1. The number of hydrogen-bond donors (Lipinski definition) is 0. The van der Waals surface area contributed by atoms with Crippen LogP contribution in [0.25, 0.3) is 0 Å². The molecule has 0 saturated carbocycles. The molecular formula is C18H24OSi. The lowest BCUT2D eigenvalue weighted by molar-refractivity contribution is 0.244. The van der Waals surface area contributed by atoms with Gasteiger partial charge in [-0.2, -0.15) is 0 Å². The number of benzene rings is 2. The fourth-order valence-electron chi connectivity index (χ4n) is 2.67. The van der Waals surface area contributed by atoms with Crippen molar-refractivity contribution < 1.29 is 4.43 Å². The van der Waals surface area contributed by atoms with Gasteiger partial charge >= 0.3 is 0 Å². The van der Waals surface area contributed by atoms with Crippen molar-refractivity contribution in [3.63, 3.8) is 0 Å². The highest BCUT2D eigenvalue weighted by Crippen LogP contribution is 2.34. The van der Waals surface area contributed by atoms with Crippen molar-refractivity contribution >= 4 is 9.76 Å². The molecule has 0 N–H and O–H groups in total. The average molecular weight is 284 g/mol. The van der Waals surface area contributed by atoms with Gasteiger partial charge in [-0.3, -0.25) is 0 Å². The van der Waals surface area contributed by atoms with Crippen molar-refractivity contribution in [3.8, 4) is 0 Å². The summed E-state index contributed by atoms with van der Waals surface area (Å²) in [5.74, 6) is 0. The summed E-state index contributed by atoms with van der Waals surface area (Å²) in [6.45, 7) is 6.53. The molecule has 0 unspecified atom stereocenters. The van der Waals surface area contributed by atoms with Crippen LogP contribution in [-0.4, -0.2) is 15.9 Å². The first kappa shape index (κ1) is 15.0. The van der Waals surface area contributed by atoms with Crippen LogP contribution in [0.3, 0.4) is 0 Å². The van der Waals surface area contributed by atoms with Gasteiger partial charge in [-0.1, -0.05) is 67.6 Å².